The van der Waals surface area contributed by atoms with Crippen LogP contribution in [0.5, 0.6) is 0 Å². The molecule has 5 saturated heterocycles. The fraction of sp³-hybridized carbons (Fsp3) is 0.931. The Morgan fingerprint density at radius 2 is 1.13 bits per heavy atom. The Hall–Kier alpha value is -2.12. The fourth-order valence-electron chi connectivity index (χ4n) is 18.0. The maximum Gasteiger partial charge on any atom is 0.335 e. The predicted molar refractivity (Wildman–Crippen MR) is 286 cm³/mol. The van der Waals surface area contributed by atoms with Gasteiger partial charge in [-0.2, -0.15) is 0 Å². The number of carbonyl (C=O) groups is 2. The maximum absolute atomic E-state index is 16.0. The molecule has 0 spiro atoms. The molecule has 5 aliphatic heterocycles. The van der Waals surface area contributed by atoms with E-state index < -0.39 is 241 Å². The molecule has 5 aliphatic carbocycles. The number of ketones is 1. The molecule has 0 bridgehead atoms. The minimum atomic E-state index is -2.01. The molecule has 86 heavy (non-hydrogen) atoms. The topological polar surface area (TPSA) is 461 Å². The molecule has 17 N–H and O–H groups in total. The molecule has 28 heteroatoms. The summed E-state index contributed by atoms with van der Waals surface area (Å²) in [6.07, 6.45) is -41.5. The molecule has 9 fully saturated rings. The second kappa shape index (κ2) is 23.8. The molecule has 0 amide bonds. The molecule has 35 atom stereocenters. The number of allylic oxidation sites excluding steroid dienone is 2. The Bertz CT molecular complexity index is 2490. The van der Waals surface area contributed by atoms with Crippen molar-refractivity contribution in [1.29, 1.82) is 0 Å². The quantitative estimate of drug-likeness (QED) is 0.0644. The van der Waals surface area contributed by atoms with Crippen molar-refractivity contribution in [2.75, 3.05) is 19.8 Å². The van der Waals surface area contributed by atoms with E-state index in [1.54, 1.807) is 6.92 Å². The number of hydrogen-bond donors (Lipinski definition) is 17. The van der Waals surface area contributed by atoms with E-state index in [1.807, 2.05) is 20.8 Å². The van der Waals surface area contributed by atoms with E-state index in [-0.39, 0.29) is 31.6 Å². The van der Waals surface area contributed by atoms with Gasteiger partial charge in [-0.1, -0.05) is 53.2 Å². The summed E-state index contributed by atoms with van der Waals surface area (Å²) >= 11 is 0. The van der Waals surface area contributed by atoms with Gasteiger partial charge in [-0.05, 0) is 92.3 Å². The van der Waals surface area contributed by atoms with E-state index in [2.05, 4.69) is 19.9 Å². The zero-order chi connectivity index (χ0) is 63.2. The lowest BCUT2D eigenvalue weighted by atomic mass is 9.32. The van der Waals surface area contributed by atoms with Gasteiger partial charge in [-0.3, -0.25) is 4.79 Å². The van der Waals surface area contributed by atoms with E-state index in [4.69, 9.17) is 42.6 Å². The number of aliphatic hydroxyl groups is 16. The van der Waals surface area contributed by atoms with Gasteiger partial charge in [0.2, 0.25) is 0 Å². The number of rotatable bonds is 12. The Kier molecular flexibility index (Phi) is 18.5. The number of hydrogen-bond acceptors (Lipinski definition) is 27. The van der Waals surface area contributed by atoms with Gasteiger partial charge in [0.1, 0.15) is 97.7 Å². The lowest BCUT2D eigenvalue weighted by Gasteiger charge is -2.73. The third kappa shape index (κ3) is 10.5. The largest absolute Gasteiger partial charge is 0.479 e. The minimum absolute atomic E-state index is 0.0175. The van der Waals surface area contributed by atoms with Crippen molar-refractivity contribution in [2.24, 2.45) is 50.2 Å². The van der Waals surface area contributed by atoms with Crippen molar-refractivity contribution in [1.82, 2.24) is 0 Å². The first kappa shape index (κ1) is 66.8. The van der Waals surface area contributed by atoms with Crippen LogP contribution in [0.15, 0.2) is 11.6 Å². The van der Waals surface area contributed by atoms with Crippen molar-refractivity contribution in [2.45, 2.75) is 266 Å². The van der Waals surface area contributed by atoms with E-state index in [9.17, 15) is 91.6 Å². The molecule has 0 radical (unpaired) electrons. The molecule has 5 heterocycles. The van der Waals surface area contributed by atoms with Gasteiger partial charge in [0.05, 0.1) is 61.9 Å². The summed E-state index contributed by atoms with van der Waals surface area (Å²) in [5.41, 5.74) is -5.50. The molecule has 0 aromatic carbocycles. The number of ether oxygens (including phenoxy) is 9. The number of Topliss-reactive ketones (excluding diaryl/α,β-unsaturated/α-hetero) is 1. The zero-order valence-corrected chi connectivity index (χ0v) is 49.6. The van der Waals surface area contributed by atoms with Crippen LogP contribution in [0.4, 0.5) is 0 Å². The van der Waals surface area contributed by atoms with Gasteiger partial charge in [-0.15, -0.1) is 0 Å². The smallest absolute Gasteiger partial charge is 0.335 e. The van der Waals surface area contributed by atoms with Crippen molar-refractivity contribution >= 4 is 11.8 Å². The van der Waals surface area contributed by atoms with E-state index in [1.165, 1.54) is 13.8 Å². The SMILES string of the molecule is C[C@@H]1O[C@@H](O[C@@H]2[C@@H](O)[C@H](O[C@@H]3[C@@H](O)[C@@H](O)C(O[C@@H]4[C@@H](O)[C@@H](O)CO[C@H]4C(=O)[C@]45CCC(C)(C)C[C@H]4C4=CC[C@@H]6[C@@]7(C)C[C@H](O)[C@H](O[C@@H]8O[C@H](C(=O)O)[C@@H](O)[C@H](O)[C@H]8O)[C@@](C)(CO)[C@@H]7[C@H](O)C[C@@]6(C)[C@]4(C)C[C@H]5O)O[C@H]3C)OC[C@H]2O)[C@H](O)[C@H](O)[C@H]1O. The molecule has 1 unspecified atom stereocenters. The number of carboxylic acid groups (broad SMARTS) is 1. The molecule has 28 nitrogen and oxygen atoms in total. The minimum Gasteiger partial charge on any atom is -0.479 e. The van der Waals surface area contributed by atoms with Crippen LogP contribution in [0, 0.1) is 50.2 Å². The molecule has 0 aromatic rings. The first-order chi connectivity index (χ1) is 40.0. The summed E-state index contributed by atoms with van der Waals surface area (Å²) in [6, 6.07) is 0. The zero-order valence-electron chi connectivity index (χ0n) is 49.6. The van der Waals surface area contributed by atoms with E-state index in [0.29, 0.717) is 19.3 Å². The van der Waals surface area contributed by atoms with Gasteiger partial charge in [0, 0.05) is 11.3 Å². The lowest BCUT2D eigenvalue weighted by molar-refractivity contribution is -0.371. The number of aliphatic carboxylic acids is 1. The van der Waals surface area contributed by atoms with Crippen LogP contribution in [0.1, 0.15) is 100 Å². The van der Waals surface area contributed by atoms with Crippen LogP contribution < -0.4 is 0 Å². The maximum atomic E-state index is 16.0. The number of fused-ring (bicyclic) bond motifs is 7. The van der Waals surface area contributed by atoms with Gasteiger partial charge in [0.15, 0.2) is 37.0 Å². The summed E-state index contributed by atoms with van der Waals surface area (Å²) < 4.78 is 52.8. The monoisotopic (exact) mass is 1240 g/mol. The Morgan fingerprint density at radius 3 is 1.77 bits per heavy atom. The third-order valence-corrected chi connectivity index (χ3v) is 22.8. The van der Waals surface area contributed by atoms with Crippen molar-refractivity contribution in [3.05, 3.63) is 11.6 Å². The van der Waals surface area contributed by atoms with Crippen LogP contribution >= 0.6 is 0 Å². The predicted octanol–water partition coefficient (Wildman–Crippen LogP) is -4.83. The molecule has 10 rings (SSSR count). The van der Waals surface area contributed by atoms with Gasteiger partial charge < -0.3 is 129 Å². The summed E-state index contributed by atoms with van der Waals surface area (Å²) in [6.45, 7) is 12.8. The highest BCUT2D eigenvalue weighted by Crippen LogP contribution is 2.76. The van der Waals surface area contributed by atoms with Crippen molar-refractivity contribution in [3.8, 4) is 0 Å². The molecular formula is C58H92O28. The average Bonchev–Trinajstić information content (AvgIpc) is 0.671. The Balaban J connectivity index is 0.892. The lowest BCUT2D eigenvalue weighted by Crippen LogP contribution is -2.73. The van der Waals surface area contributed by atoms with Crippen LogP contribution in [-0.2, 0) is 52.2 Å². The summed E-state index contributed by atoms with van der Waals surface area (Å²) in [5.74, 6) is -4.18. The molecular weight excluding hydrogens is 1140 g/mol. The first-order valence-corrected chi connectivity index (χ1v) is 30.2. The highest BCUT2D eigenvalue weighted by Gasteiger charge is 2.75. The normalized spacial score (nSPS) is 56.5. The number of carboxylic acids is 1. The fourth-order valence-corrected chi connectivity index (χ4v) is 18.0. The van der Waals surface area contributed by atoms with Crippen LogP contribution in [-0.4, -0.2) is 284 Å². The van der Waals surface area contributed by atoms with E-state index >= 15 is 4.79 Å². The van der Waals surface area contributed by atoms with Gasteiger partial charge in [-0.25, -0.2) is 4.79 Å². The standard InChI is InChI=1S/C58H92O28/c1-20-30(65)32(67)36(71)50(80-20)83-41-27(63)18-79-49(39(41)74)82-40-21(2)81-51(38(73)35(40)70)84-42-31(66)26(62)17-78-44(42)46(75)58-12-11-53(3,4)13-23(58)22-9-10-28-54(5)14-25(61)47(86-52-37(72)33(68)34(69)43(85-52)48(76)77)55(6,19-59)45(54)24(60)15-57(28,8)56(22,7)16-29(58)64/h9,20-21,23-45,47,49-52,59-74H,10-19H2,1-8H3,(H,76,77)/t20-,21-,23-,24+,25-,26-,27+,28+,29+,30-,31-,32+,33-,34-,35-,36+,37+,38+,39+,40-,41-,42+,43-,44+,45+,47-,49-,50-,51?,52-,54+,55-,56+,57+,58+/m0/s1. The molecule has 4 saturated carbocycles. The van der Waals surface area contributed by atoms with Gasteiger partial charge in [0.25, 0.3) is 0 Å². The van der Waals surface area contributed by atoms with Crippen LogP contribution in [0.2, 0.25) is 0 Å². The van der Waals surface area contributed by atoms with Crippen LogP contribution in [0.25, 0.3) is 0 Å². The third-order valence-electron chi connectivity index (χ3n) is 22.8. The van der Waals surface area contributed by atoms with Crippen molar-refractivity contribution < 1.29 is 139 Å². The van der Waals surface area contributed by atoms with Crippen molar-refractivity contribution in [3.63, 3.8) is 0 Å². The average molecular weight is 1240 g/mol. The van der Waals surface area contributed by atoms with Crippen LogP contribution in [0.3, 0.4) is 0 Å². The summed E-state index contributed by atoms with van der Waals surface area (Å²) in [4.78, 5) is 28.0. The molecule has 10 aliphatic rings. The second-order valence-electron chi connectivity index (χ2n) is 28.5. The Labute approximate surface area is 497 Å². The van der Waals surface area contributed by atoms with Gasteiger partial charge >= 0.3 is 5.97 Å². The molecule has 0 aromatic heterocycles. The summed E-state index contributed by atoms with van der Waals surface area (Å²) in [5, 5.41) is 191. The number of aliphatic hydroxyl groups excluding tert-OH is 16. The summed E-state index contributed by atoms with van der Waals surface area (Å²) in [7, 11) is 0. The Morgan fingerprint density at radius 1 is 0.547 bits per heavy atom. The highest BCUT2D eigenvalue weighted by atomic mass is 16.8. The highest BCUT2D eigenvalue weighted by molar-refractivity contribution is 5.91. The number of carbonyl (C=O) groups excluding carboxylic acids is 1. The molecule has 492 valence electrons. The first-order valence-electron chi connectivity index (χ1n) is 30.2. The van der Waals surface area contributed by atoms with E-state index in [0.717, 1.165) is 5.57 Å². The second-order valence-corrected chi connectivity index (χ2v) is 28.5.